The summed E-state index contributed by atoms with van der Waals surface area (Å²) in [6.45, 7) is 1.88. The molecule has 0 aromatic heterocycles. The van der Waals surface area contributed by atoms with E-state index < -0.39 is 0 Å². The Morgan fingerprint density at radius 3 is 2.67 bits per heavy atom. The van der Waals surface area contributed by atoms with Crippen molar-refractivity contribution in [3.63, 3.8) is 0 Å². The number of halogens is 1. The van der Waals surface area contributed by atoms with Gasteiger partial charge in [0.1, 0.15) is 5.82 Å². The van der Waals surface area contributed by atoms with E-state index in [0.717, 1.165) is 31.5 Å². The van der Waals surface area contributed by atoms with Crippen molar-refractivity contribution in [3.05, 3.63) is 29.6 Å². The fourth-order valence-corrected chi connectivity index (χ4v) is 1.97. The molecular weight excluding hydrogens is 191 g/mol. The lowest BCUT2D eigenvalue weighted by Gasteiger charge is -2.18. The predicted molar refractivity (Wildman–Crippen MR) is 57.2 cm³/mol. The number of nitrogens with zero attached hydrogens (tertiary/aromatic N) is 2. The fourth-order valence-electron chi connectivity index (χ4n) is 1.97. The van der Waals surface area contributed by atoms with Crippen LogP contribution in [0.25, 0.3) is 0 Å². The molecule has 0 bridgehead atoms. The molecular formula is C12H13FN2. The summed E-state index contributed by atoms with van der Waals surface area (Å²) in [4.78, 5) is 2.06. The first kappa shape index (κ1) is 9.97. The number of hydrogen-bond acceptors (Lipinski definition) is 2. The zero-order valence-corrected chi connectivity index (χ0v) is 8.54. The van der Waals surface area contributed by atoms with E-state index in [9.17, 15) is 4.39 Å². The first-order chi connectivity index (χ1) is 7.31. The Bertz CT molecular complexity index is 389. The van der Waals surface area contributed by atoms with Crippen molar-refractivity contribution in [2.24, 2.45) is 0 Å². The van der Waals surface area contributed by atoms with Crippen molar-refractivity contribution in [1.82, 2.24) is 0 Å². The van der Waals surface area contributed by atoms with Gasteiger partial charge in [0, 0.05) is 13.1 Å². The van der Waals surface area contributed by atoms with Gasteiger partial charge in [-0.1, -0.05) is 6.07 Å². The minimum absolute atomic E-state index is 0.204. The van der Waals surface area contributed by atoms with Crippen LogP contribution in [-0.4, -0.2) is 13.1 Å². The standard InChI is InChI=1S/C12H13FN2/c13-11-9-10(5-6-14)3-4-12(11)15-7-1-2-8-15/h3-4,9H,1-2,5,7-8H2. The molecule has 0 radical (unpaired) electrons. The highest BCUT2D eigenvalue weighted by Crippen LogP contribution is 2.24. The second kappa shape index (κ2) is 4.31. The first-order valence-electron chi connectivity index (χ1n) is 5.21. The smallest absolute Gasteiger partial charge is 0.146 e. The quantitative estimate of drug-likeness (QED) is 0.740. The van der Waals surface area contributed by atoms with Crippen LogP contribution >= 0.6 is 0 Å². The Morgan fingerprint density at radius 2 is 2.07 bits per heavy atom. The van der Waals surface area contributed by atoms with Crippen LogP contribution in [0.1, 0.15) is 18.4 Å². The molecule has 0 saturated carbocycles. The molecule has 0 atom stereocenters. The molecule has 1 aromatic rings. The van der Waals surface area contributed by atoms with Gasteiger partial charge in [0.15, 0.2) is 0 Å². The van der Waals surface area contributed by atoms with Crippen molar-refractivity contribution >= 4 is 5.69 Å². The lowest BCUT2D eigenvalue weighted by Crippen LogP contribution is -2.18. The average Bonchev–Trinajstić information content (AvgIpc) is 2.71. The molecule has 1 fully saturated rings. The molecule has 0 unspecified atom stereocenters. The van der Waals surface area contributed by atoms with Crippen molar-refractivity contribution in [1.29, 1.82) is 5.26 Å². The summed E-state index contributed by atoms with van der Waals surface area (Å²) in [6, 6.07) is 7.11. The molecule has 3 heteroatoms. The molecule has 1 heterocycles. The predicted octanol–water partition coefficient (Wildman–Crippen LogP) is 2.49. The molecule has 1 saturated heterocycles. The zero-order valence-electron chi connectivity index (χ0n) is 8.54. The van der Waals surface area contributed by atoms with Gasteiger partial charge in [0.25, 0.3) is 0 Å². The van der Waals surface area contributed by atoms with Gasteiger partial charge in [-0.2, -0.15) is 5.26 Å². The normalized spacial score (nSPS) is 15.3. The largest absolute Gasteiger partial charge is 0.369 e. The van der Waals surface area contributed by atoms with Crippen molar-refractivity contribution in [2.45, 2.75) is 19.3 Å². The molecule has 0 amide bonds. The van der Waals surface area contributed by atoms with Crippen molar-refractivity contribution in [3.8, 4) is 6.07 Å². The number of anilines is 1. The van der Waals surface area contributed by atoms with E-state index in [1.54, 1.807) is 6.07 Å². The van der Waals surface area contributed by atoms with E-state index in [1.165, 1.54) is 6.07 Å². The lowest BCUT2D eigenvalue weighted by atomic mass is 10.1. The maximum absolute atomic E-state index is 13.7. The number of hydrogen-bond donors (Lipinski definition) is 0. The van der Waals surface area contributed by atoms with Crippen LogP contribution in [-0.2, 0) is 6.42 Å². The average molecular weight is 204 g/mol. The van der Waals surface area contributed by atoms with E-state index in [1.807, 2.05) is 12.1 Å². The van der Waals surface area contributed by atoms with Crippen LogP contribution in [0.3, 0.4) is 0 Å². The number of benzene rings is 1. The molecule has 0 aliphatic carbocycles. The van der Waals surface area contributed by atoms with E-state index in [2.05, 4.69) is 4.90 Å². The summed E-state index contributed by atoms with van der Waals surface area (Å²) in [5.74, 6) is -0.204. The van der Waals surface area contributed by atoms with Crippen LogP contribution in [0.15, 0.2) is 18.2 Å². The Balaban J connectivity index is 2.22. The minimum Gasteiger partial charge on any atom is -0.369 e. The second-order valence-corrected chi connectivity index (χ2v) is 3.81. The minimum atomic E-state index is -0.204. The molecule has 1 aliphatic rings. The second-order valence-electron chi connectivity index (χ2n) is 3.81. The molecule has 1 aliphatic heterocycles. The van der Waals surface area contributed by atoms with E-state index >= 15 is 0 Å². The van der Waals surface area contributed by atoms with Crippen LogP contribution in [0, 0.1) is 17.1 Å². The molecule has 15 heavy (non-hydrogen) atoms. The third kappa shape index (κ3) is 2.10. The summed E-state index contributed by atoms with van der Waals surface area (Å²) in [7, 11) is 0. The summed E-state index contributed by atoms with van der Waals surface area (Å²) >= 11 is 0. The molecule has 78 valence electrons. The highest BCUT2D eigenvalue weighted by Gasteiger charge is 2.15. The van der Waals surface area contributed by atoms with E-state index in [-0.39, 0.29) is 12.2 Å². The fraction of sp³-hybridized carbons (Fsp3) is 0.417. The van der Waals surface area contributed by atoms with Crippen LogP contribution in [0.2, 0.25) is 0 Å². The SMILES string of the molecule is N#CCc1ccc(N2CCCC2)c(F)c1. The maximum Gasteiger partial charge on any atom is 0.146 e. The monoisotopic (exact) mass is 204 g/mol. The van der Waals surface area contributed by atoms with E-state index in [0.29, 0.717) is 5.69 Å². The number of rotatable bonds is 2. The van der Waals surface area contributed by atoms with Crippen LogP contribution in [0.5, 0.6) is 0 Å². The molecule has 0 spiro atoms. The van der Waals surface area contributed by atoms with Crippen molar-refractivity contribution < 1.29 is 4.39 Å². The Labute approximate surface area is 88.9 Å². The van der Waals surface area contributed by atoms with Gasteiger partial charge < -0.3 is 4.90 Å². The van der Waals surface area contributed by atoms with Crippen LogP contribution in [0.4, 0.5) is 10.1 Å². The Kier molecular flexibility index (Phi) is 2.86. The molecule has 1 aromatic carbocycles. The molecule has 0 N–H and O–H groups in total. The highest BCUT2D eigenvalue weighted by molar-refractivity contribution is 5.50. The summed E-state index contributed by atoms with van der Waals surface area (Å²) in [5, 5.41) is 8.51. The topological polar surface area (TPSA) is 27.0 Å². The van der Waals surface area contributed by atoms with Gasteiger partial charge in [-0.05, 0) is 30.5 Å². The van der Waals surface area contributed by atoms with Gasteiger partial charge in [-0.25, -0.2) is 4.39 Å². The summed E-state index contributed by atoms with van der Waals surface area (Å²) < 4.78 is 13.7. The van der Waals surface area contributed by atoms with Crippen LogP contribution < -0.4 is 4.90 Å². The third-order valence-electron chi connectivity index (χ3n) is 2.74. The van der Waals surface area contributed by atoms with Gasteiger partial charge in [-0.3, -0.25) is 0 Å². The van der Waals surface area contributed by atoms with E-state index in [4.69, 9.17) is 5.26 Å². The lowest BCUT2D eigenvalue weighted by molar-refractivity contribution is 0.621. The van der Waals surface area contributed by atoms with Gasteiger partial charge >= 0.3 is 0 Å². The zero-order chi connectivity index (χ0) is 10.7. The van der Waals surface area contributed by atoms with Gasteiger partial charge in [0.05, 0.1) is 18.2 Å². The summed E-state index contributed by atoms with van der Waals surface area (Å²) in [5.41, 5.74) is 1.42. The maximum atomic E-state index is 13.7. The van der Waals surface area contributed by atoms with Gasteiger partial charge in [0.2, 0.25) is 0 Å². The third-order valence-corrected chi connectivity index (χ3v) is 2.74. The Hall–Kier alpha value is -1.56. The highest BCUT2D eigenvalue weighted by atomic mass is 19.1. The Morgan fingerprint density at radius 1 is 1.33 bits per heavy atom. The van der Waals surface area contributed by atoms with Gasteiger partial charge in [-0.15, -0.1) is 0 Å². The first-order valence-corrected chi connectivity index (χ1v) is 5.21. The van der Waals surface area contributed by atoms with Crippen molar-refractivity contribution in [2.75, 3.05) is 18.0 Å². The number of nitriles is 1. The molecule has 2 nitrogen and oxygen atoms in total. The molecule has 2 rings (SSSR count). The summed E-state index contributed by atoms with van der Waals surface area (Å²) in [6.07, 6.45) is 2.55.